The van der Waals surface area contributed by atoms with Gasteiger partial charge in [0.25, 0.3) is 0 Å². The summed E-state index contributed by atoms with van der Waals surface area (Å²) >= 11 is 0. The van der Waals surface area contributed by atoms with Gasteiger partial charge in [0.05, 0.1) is 6.61 Å². The third-order valence-corrected chi connectivity index (χ3v) is 3.19. The summed E-state index contributed by atoms with van der Waals surface area (Å²) in [5.41, 5.74) is 0.987. The molecule has 0 aromatic heterocycles. The first-order valence-corrected chi connectivity index (χ1v) is 5.38. The maximum atomic E-state index is 9.29. The molecule has 15 heavy (non-hydrogen) atoms. The molecule has 2 rings (SSSR count). The predicted octanol–water partition coefficient (Wildman–Crippen LogP) is 1.40. The quantitative estimate of drug-likeness (QED) is 0.699. The third kappa shape index (κ3) is 2.30. The normalized spacial score (nSPS) is 18.5. The smallest absolute Gasteiger partial charge is 0.115 e. The fraction of sp³-hybridized carbons (Fsp3) is 0.500. The third-order valence-electron chi connectivity index (χ3n) is 3.19. The van der Waals surface area contributed by atoms with E-state index in [1.165, 1.54) is 6.42 Å². The van der Waals surface area contributed by atoms with Crippen molar-refractivity contribution in [3.63, 3.8) is 0 Å². The Hall–Kier alpha value is -1.06. The minimum atomic E-state index is -0.0640. The number of hydrogen-bond donors (Lipinski definition) is 3. The van der Waals surface area contributed by atoms with E-state index in [9.17, 15) is 10.2 Å². The van der Waals surface area contributed by atoms with Crippen molar-refractivity contribution in [2.75, 3.05) is 6.61 Å². The molecule has 0 atom stereocenters. The first-order chi connectivity index (χ1) is 7.24. The van der Waals surface area contributed by atoms with Crippen molar-refractivity contribution in [1.29, 1.82) is 0 Å². The van der Waals surface area contributed by atoms with Crippen molar-refractivity contribution in [2.24, 2.45) is 0 Å². The van der Waals surface area contributed by atoms with Crippen molar-refractivity contribution in [3.8, 4) is 5.75 Å². The Morgan fingerprint density at radius 1 is 1.33 bits per heavy atom. The summed E-state index contributed by atoms with van der Waals surface area (Å²) in [5.74, 6) is 0.293. The number of phenolic OH excluding ortho intramolecular Hbond substituents is 1. The van der Waals surface area contributed by atoms with E-state index in [4.69, 9.17) is 0 Å². The van der Waals surface area contributed by atoms with E-state index < -0.39 is 0 Å². The summed E-state index contributed by atoms with van der Waals surface area (Å²) in [6.07, 6.45) is 3.28. The van der Waals surface area contributed by atoms with Crippen molar-refractivity contribution < 1.29 is 10.2 Å². The molecular formula is C12H17NO2. The SMILES string of the molecule is OCC1(NCc2cccc(O)c2)CCC1. The van der Waals surface area contributed by atoms with Gasteiger partial charge in [-0.2, -0.15) is 0 Å². The Bertz CT molecular complexity index is 329. The molecule has 3 N–H and O–H groups in total. The van der Waals surface area contributed by atoms with Crippen molar-refractivity contribution in [1.82, 2.24) is 5.32 Å². The first kappa shape index (κ1) is 10.5. The Morgan fingerprint density at radius 2 is 2.13 bits per heavy atom. The van der Waals surface area contributed by atoms with Gasteiger partial charge in [0, 0.05) is 12.1 Å². The molecule has 0 saturated heterocycles. The molecule has 1 aromatic rings. The second-order valence-electron chi connectivity index (χ2n) is 4.32. The van der Waals surface area contributed by atoms with Crippen molar-refractivity contribution in [3.05, 3.63) is 29.8 Å². The second-order valence-corrected chi connectivity index (χ2v) is 4.32. The summed E-state index contributed by atoms with van der Waals surface area (Å²) in [5, 5.41) is 21.9. The molecular weight excluding hydrogens is 190 g/mol. The molecule has 0 heterocycles. The summed E-state index contributed by atoms with van der Waals surface area (Å²) in [7, 11) is 0. The molecule has 1 aliphatic rings. The monoisotopic (exact) mass is 207 g/mol. The first-order valence-electron chi connectivity index (χ1n) is 5.38. The lowest BCUT2D eigenvalue weighted by molar-refractivity contribution is 0.0872. The largest absolute Gasteiger partial charge is 0.508 e. The number of benzene rings is 1. The summed E-state index contributed by atoms with van der Waals surface area (Å²) in [6, 6.07) is 7.21. The summed E-state index contributed by atoms with van der Waals surface area (Å²) < 4.78 is 0. The van der Waals surface area contributed by atoms with Gasteiger partial charge < -0.3 is 15.5 Å². The number of nitrogens with one attached hydrogen (secondary N) is 1. The summed E-state index contributed by atoms with van der Waals surface area (Å²) in [4.78, 5) is 0. The zero-order chi connectivity index (χ0) is 10.7. The van der Waals surface area contributed by atoms with Crippen LogP contribution in [0.3, 0.4) is 0 Å². The van der Waals surface area contributed by atoms with Crippen LogP contribution >= 0.6 is 0 Å². The molecule has 0 amide bonds. The minimum Gasteiger partial charge on any atom is -0.508 e. The lowest BCUT2D eigenvalue weighted by Gasteiger charge is -2.41. The Labute approximate surface area is 89.8 Å². The van der Waals surface area contributed by atoms with Crippen LogP contribution in [0.25, 0.3) is 0 Å². The molecule has 1 aromatic carbocycles. The number of aliphatic hydroxyl groups is 1. The molecule has 0 bridgehead atoms. The molecule has 0 unspecified atom stereocenters. The standard InChI is InChI=1S/C12H17NO2/c14-9-12(5-2-6-12)13-8-10-3-1-4-11(15)7-10/h1,3-4,7,13-15H,2,5-6,8-9H2. The molecule has 1 fully saturated rings. The number of hydrogen-bond acceptors (Lipinski definition) is 3. The number of aromatic hydroxyl groups is 1. The van der Waals surface area contributed by atoms with E-state index in [1.807, 2.05) is 12.1 Å². The number of rotatable bonds is 4. The van der Waals surface area contributed by atoms with Gasteiger partial charge in [-0.05, 0) is 37.0 Å². The highest BCUT2D eigenvalue weighted by molar-refractivity contribution is 5.27. The Morgan fingerprint density at radius 3 is 2.67 bits per heavy atom. The molecule has 0 radical (unpaired) electrons. The van der Waals surface area contributed by atoms with Crippen LogP contribution < -0.4 is 5.32 Å². The van der Waals surface area contributed by atoms with Gasteiger partial charge in [0.2, 0.25) is 0 Å². The second kappa shape index (κ2) is 4.21. The van der Waals surface area contributed by atoms with Gasteiger partial charge in [-0.3, -0.25) is 0 Å². The number of aliphatic hydroxyl groups excluding tert-OH is 1. The predicted molar refractivity (Wildman–Crippen MR) is 58.6 cm³/mol. The minimum absolute atomic E-state index is 0.0640. The molecule has 3 nitrogen and oxygen atoms in total. The zero-order valence-electron chi connectivity index (χ0n) is 8.74. The maximum Gasteiger partial charge on any atom is 0.115 e. The van der Waals surface area contributed by atoms with E-state index in [2.05, 4.69) is 5.32 Å². The van der Waals surface area contributed by atoms with E-state index in [1.54, 1.807) is 12.1 Å². The summed E-state index contributed by atoms with van der Waals surface area (Å²) in [6.45, 7) is 0.904. The fourth-order valence-electron chi connectivity index (χ4n) is 1.95. The van der Waals surface area contributed by atoms with Gasteiger partial charge in [-0.1, -0.05) is 12.1 Å². The van der Waals surface area contributed by atoms with E-state index in [-0.39, 0.29) is 12.1 Å². The van der Waals surface area contributed by atoms with Crippen molar-refractivity contribution >= 4 is 0 Å². The molecule has 3 heteroatoms. The van der Waals surface area contributed by atoms with Gasteiger partial charge >= 0.3 is 0 Å². The van der Waals surface area contributed by atoms with Crippen LogP contribution in [0.4, 0.5) is 0 Å². The van der Waals surface area contributed by atoms with Crippen LogP contribution in [-0.4, -0.2) is 22.4 Å². The molecule has 0 aliphatic heterocycles. The highest BCUT2D eigenvalue weighted by Crippen LogP contribution is 2.31. The Kier molecular flexibility index (Phi) is 2.93. The maximum absolute atomic E-state index is 9.29. The van der Waals surface area contributed by atoms with Crippen LogP contribution in [0.1, 0.15) is 24.8 Å². The highest BCUT2D eigenvalue weighted by atomic mass is 16.3. The van der Waals surface area contributed by atoms with Gasteiger partial charge in [-0.25, -0.2) is 0 Å². The Balaban J connectivity index is 1.92. The lowest BCUT2D eigenvalue weighted by Crippen LogP contribution is -2.53. The van der Waals surface area contributed by atoms with E-state index >= 15 is 0 Å². The highest BCUT2D eigenvalue weighted by Gasteiger charge is 2.35. The molecule has 1 saturated carbocycles. The van der Waals surface area contributed by atoms with Gasteiger partial charge in [0.15, 0.2) is 0 Å². The van der Waals surface area contributed by atoms with Crippen LogP contribution in [0.5, 0.6) is 5.75 Å². The average Bonchev–Trinajstić information content (AvgIpc) is 2.17. The van der Waals surface area contributed by atoms with Gasteiger partial charge in [0.1, 0.15) is 5.75 Å². The lowest BCUT2D eigenvalue weighted by atomic mass is 9.77. The molecule has 1 aliphatic carbocycles. The molecule has 0 spiro atoms. The zero-order valence-corrected chi connectivity index (χ0v) is 8.74. The van der Waals surface area contributed by atoms with Crippen LogP contribution in [0.15, 0.2) is 24.3 Å². The van der Waals surface area contributed by atoms with Gasteiger partial charge in [-0.15, -0.1) is 0 Å². The average molecular weight is 207 g/mol. The van der Waals surface area contributed by atoms with Crippen LogP contribution in [-0.2, 0) is 6.54 Å². The van der Waals surface area contributed by atoms with Crippen LogP contribution in [0, 0.1) is 0 Å². The van der Waals surface area contributed by atoms with Crippen LogP contribution in [0.2, 0.25) is 0 Å². The topological polar surface area (TPSA) is 52.5 Å². The van der Waals surface area contributed by atoms with E-state index in [0.29, 0.717) is 12.3 Å². The van der Waals surface area contributed by atoms with Crippen molar-refractivity contribution in [2.45, 2.75) is 31.3 Å². The molecule has 82 valence electrons. The fourth-order valence-corrected chi connectivity index (χ4v) is 1.95. The van der Waals surface area contributed by atoms with E-state index in [0.717, 1.165) is 18.4 Å². The number of phenols is 1.